The summed E-state index contributed by atoms with van der Waals surface area (Å²) in [6, 6.07) is 22.7. The Kier molecular flexibility index (Phi) is 5.04. The summed E-state index contributed by atoms with van der Waals surface area (Å²) in [5.41, 5.74) is 1.18. The molecule has 0 aliphatic carbocycles. The molecule has 0 saturated carbocycles. The molecule has 0 radical (unpaired) electrons. The second-order valence-corrected chi connectivity index (χ2v) is 8.06. The molecule has 158 valence electrons. The van der Waals surface area contributed by atoms with Crippen molar-refractivity contribution in [3.63, 3.8) is 0 Å². The van der Waals surface area contributed by atoms with E-state index in [0.717, 1.165) is 10.8 Å². The molecule has 1 aliphatic rings. The van der Waals surface area contributed by atoms with Crippen LogP contribution >= 0.6 is 11.6 Å². The number of hydrogen-bond acceptors (Lipinski definition) is 4. The van der Waals surface area contributed by atoms with Crippen molar-refractivity contribution in [2.24, 2.45) is 0 Å². The van der Waals surface area contributed by atoms with E-state index in [2.05, 4.69) is 0 Å². The van der Waals surface area contributed by atoms with Gasteiger partial charge in [-0.1, -0.05) is 60.1 Å². The van der Waals surface area contributed by atoms with Gasteiger partial charge in [-0.05, 0) is 46.7 Å². The van der Waals surface area contributed by atoms with Crippen molar-refractivity contribution in [1.29, 1.82) is 0 Å². The zero-order chi connectivity index (χ0) is 22.2. The van der Waals surface area contributed by atoms with E-state index >= 15 is 0 Å². The molecule has 2 heterocycles. The summed E-state index contributed by atoms with van der Waals surface area (Å²) < 4.78 is 5.41. The van der Waals surface area contributed by atoms with Crippen LogP contribution in [0.4, 0.5) is 0 Å². The molecule has 1 atom stereocenters. The Bertz CT molecular complexity index is 1360. The molecule has 5 rings (SSSR count). The Morgan fingerprint density at radius 2 is 1.69 bits per heavy atom. The molecule has 1 fully saturated rings. The van der Waals surface area contributed by atoms with Crippen molar-refractivity contribution in [3.05, 3.63) is 113 Å². The van der Waals surface area contributed by atoms with Crippen LogP contribution < -0.4 is 0 Å². The average molecular weight is 444 g/mol. The predicted octanol–water partition coefficient (Wildman–Crippen LogP) is 5.71. The van der Waals surface area contributed by atoms with E-state index in [9.17, 15) is 14.7 Å². The number of Topliss-reactive ketones (excluding diaryl/α,β-unsaturated/α-hetero) is 1. The lowest BCUT2D eigenvalue weighted by Gasteiger charge is -2.24. The number of carbonyl (C=O) groups is 2. The minimum atomic E-state index is -0.774. The molecule has 1 aromatic heterocycles. The van der Waals surface area contributed by atoms with Gasteiger partial charge >= 0.3 is 0 Å². The quantitative estimate of drug-likeness (QED) is 0.249. The van der Waals surface area contributed by atoms with Crippen molar-refractivity contribution in [1.82, 2.24) is 4.90 Å². The van der Waals surface area contributed by atoms with E-state index in [1.165, 1.54) is 11.2 Å². The van der Waals surface area contributed by atoms with Gasteiger partial charge < -0.3 is 14.4 Å². The third-order valence-electron chi connectivity index (χ3n) is 5.65. The van der Waals surface area contributed by atoms with E-state index in [0.29, 0.717) is 21.9 Å². The van der Waals surface area contributed by atoms with Crippen LogP contribution in [0.1, 0.15) is 22.9 Å². The lowest BCUT2D eigenvalue weighted by atomic mass is 9.94. The average Bonchev–Trinajstić information content (AvgIpc) is 3.41. The number of likely N-dealkylation sites (tertiary alicyclic amines) is 1. The lowest BCUT2D eigenvalue weighted by molar-refractivity contribution is -0.140. The summed E-state index contributed by atoms with van der Waals surface area (Å²) in [5, 5.41) is 13.7. The number of halogens is 1. The standard InChI is InChI=1S/C26H18ClNO4/c27-20-11-9-17(10-12-20)23-22(25(30)26(31)28(23)15-21-6-3-13-32-21)24(29)19-8-7-16-4-1-2-5-18(16)14-19/h1-14,23,29H,15H2/b24-22-. The van der Waals surface area contributed by atoms with Gasteiger partial charge in [0.15, 0.2) is 0 Å². The summed E-state index contributed by atoms with van der Waals surface area (Å²) in [7, 11) is 0. The van der Waals surface area contributed by atoms with Crippen molar-refractivity contribution in [3.8, 4) is 0 Å². The predicted molar refractivity (Wildman–Crippen MR) is 122 cm³/mol. The van der Waals surface area contributed by atoms with Gasteiger partial charge in [0.2, 0.25) is 0 Å². The summed E-state index contributed by atoms with van der Waals surface area (Å²) >= 11 is 6.05. The van der Waals surface area contributed by atoms with Gasteiger partial charge in [-0.15, -0.1) is 0 Å². The topological polar surface area (TPSA) is 70.8 Å². The number of aliphatic hydroxyl groups is 1. The summed E-state index contributed by atoms with van der Waals surface area (Å²) in [6.45, 7) is 0.0966. The molecule has 1 aliphatic heterocycles. The SMILES string of the molecule is O=C1C(=O)N(Cc2ccco2)C(c2ccc(Cl)cc2)/C1=C(/O)c1ccc2ccccc2c1. The highest BCUT2D eigenvalue weighted by Gasteiger charge is 2.46. The molecule has 32 heavy (non-hydrogen) atoms. The van der Waals surface area contributed by atoms with Crippen LogP contribution in [0.25, 0.3) is 16.5 Å². The first-order valence-electron chi connectivity index (χ1n) is 10.1. The highest BCUT2D eigenvalue weighted by molar-refractivity contribution is 6.46. The number of ketones is 1. The smallest absolute Gasteiger partial charge is 0.296 e. The fraction of sp³-hybridized carbons (Fsp3) is 0.0769. The fourth-order valence-electron chi connectivity index (χ4n) is 4.10. The van der Waals surface area contributed by atoms with Crippen LogP contribution in [-0.2, 0) is 16.1 Å². The van der Waals surface area contributed by atoms with Crippen molar-refractivity contribution in [2.45, 2.75) is 12.6 Å². The Morgan fingerprint density at radius 3 is 2.41 bits per heavy atom. The highest BCUT2D eigenvalue weighted by Crippen LogP contribution is 2.40. The number of furan rings is 1. The van der Waals surface area contributed by atoms with E-state index in [1.54, 1.807) is 42.5 Å². The molecular formula is C26H18ClNO4. The van der Waals surface area contributed by atoms with Gasteiger partial charge in [0, 0.05) is 10.6 Å². The molecule has 3 aromatic carbocycles. The third-order valence-corrected chi connectivity index (χ3v) is 5.91. The Morgan fingerprint density at radius 1 is 0.938 bits per heavy atom. The number of rotatable bonds is 4. The van der Waals surface area contributed by atoms with E-state index < -0.39 is 17.7 Å². The van der Waals surface area contributed by atoms with Crippen LogP contribution in [0, 0.1) is 0 Å². The maximum absolute atomic E-state index is 13.1. The van der Waals surface area contributed by atoms with Crippen molar-refractivity contribution >= 4 is 39.8 Å². The van der Waals surface area contributed by atoms with E-state index in [4.69, 9.17) is 16.0 Å². The molecule has 5 nitrogen and oxygen atoms in total. The number of hydrogen-bond donors (Lipinski definition) is 1. The van der Waals surface area contributed by atoms with Gasteiger partial charge in [-0.2, -0.15) is 0 Å². The number of fused-ring (bicyclic) bond motifs is 1. The molecule has 0 spiro atoms. The summed E-state index contributed by atoms with van der Waals surface area (Å²) in [5.74, 6) is -1.10. The van der Waals surface area contributed by atoms with Crippen LogP contribution in [0.15, 0.2) is 95.1 Å². The maximum atomic E-state index is 13.1. The van der Waals surface area contributed by atoms with Crippen molar-refractivity contribution in [2.75, 3.05) is 0 Å². The monoisotopic (exact) mass is 443 g/mol. The molecule has 0 bridgehead atoms. The van der Waals surface area contributed by atoms with Gasteiger partial charge in [0.1, 0.15) is 11.5 Å². The van der Waals surface area contributed by atoms with Gasteiger partial charge in [0.25, 0.3) is 11.7 Å². The van der Waals surface area contributed by atoms with Crippen molar-refractivity contribution < 1.29 is 19.1 Å². The van der Waals surface area contributed by atoms with E-state index in [1.807, 2.05) is 36.4 Å². The van der Waals surface area contributed by atoms with Crippen LogP contribution in [0.2, 0.25) is 5.02 Å². The largest absolute Gasteiger partial charge is 0.507 e. The third kappa shape index (κ3) is 3.47. The molecule has 4 aromatic rings. The van der Waals surface area contributed by atoms with Gasteiger partial charge in [0.05, 0.1) is 24.4 Å². The highest BCUT2D eigenvalue weighted by atomic mass is 35.5. The lowest BCUT2D eigenvalue weighted by Crippen LogP contribution is -2.29. The molecule has 1 amide bonds. The normalized spacial score (nSPS) is 17.9. The minimum Gasteiger partial charge on any atom is -0.507 e. The second-order valence-electron chi connectivity index (χ2n) is 7.62. The van der Waals surface area contributed by atoms with Gasteiger partial charge in [-0.3, -0.25) is 9.59 Å². The van der Waals surface area contributed by atoms with Gasteiger partial charge in [-0.25, -0.2) is 0 Å². The Labute approximate surface area is 189 Å². The van der Waals surface area contributed by atoms with Crippen LogP contribution in [0.3, 0.4) is 0 Å². The first kappa shape index (κ1) is 20.1. The summed E-state index contributed by atoms with van der Waals surface area (Å²) in [4.78, 5) is 27.5. The number of carbonyl (C=O) groups excluding carboxylic acids is 2. The van der Waals surface area contributed by atoms with E-state index in [-0.39, 0.29) is 17.9 Å². The molecular weight excluding hydrogens is 426 g/mol. The second kappa shape index (κ2) is 8.02. The Hall–Kier alpha value is -3.83. The van der Waals surface area contributed by atoms with Crippen LogP contribution in [-0.4, -0.2) is 21.7 Å². The molecule has 1 unspecified atom stereocenters. The number of amides is 1. The fourth-order valence-corrected chi connectivity index (χ4v) is 4.22. The first-order valence-corrected chi connectivity index (χ1v) is 10.5. The first-order chi connectivity index (χ1) is 15.5. The zero-order valence-electron chi connectivity index (χ0n) is 16.9. The molecule has 1 saturated heterocycles. The number of benzene rings is 3. The number of nitrogens with zero attached hydrogens (tertiary/aromatic N) is 1. The molecule has 6 heteroatoms. The maximum Gasteiger partial charge on any atom is 0.296 e. The van der Waals surface area contributed by atoms with Crippen LogP contribution in [0.5, 0.6) is 0 Å². The zero-order valence-corrected chi connectivity index (χ0v) is 17.6. The molecule has 1 N–H and O–H groups in total. The Balaban J connectivity index is 1.67. The minimum absolute atomic E-state index is 0.0409. The summed E-state index contributed by atoms with van der Waals surface area (Å²) in [6.07, 6.45) is 1.51. The number of aliphatic hydroxyl groups excluding tert-OH is 1.